The highest BCUT2D eigenvalue weighted by Gasteiger charge is 2.21. The standard InChI is InChI=1S/C18H27N5O3/c19-22-17(23(20)13-6-2-1-3-7-13)8-4-5-11-25-14-9-10-15-16(12-14)26-18(24)21-15/h9-10,12-13H,1-8,11,19-20H2,(H,21,24)/b22-17-. The Labute approximate surface area is 152 Å². The second kappa shape index (κ2) is 8.75. The number of ether oxygens (including phenoxy) is 1. The number of fused-ring (bicyclic) bond motifs is 1. The summed E-state index contributed by atoms with van der Waals surface area (Å²) < 4.78 is 10.7. The maximum atomic E-state index is 11.2. The minimum absolute atomic E-state index is 0.352. The molecule has 0 unspecified atom stereocenters. The number of hydrazine groups is 1. The Morgan fingerprint density at radius 2 is 2.12 bits per heavy atom. The number of amidine groups is 1. The number of benzene rings is 1. The van der Waals surface area contributed by atoms with Gasteiger partial charge in [-0.3, -0.25) is 9.99 Å². The number of nitrogens with two attached hydrogens (primary N) is 2. The number of hydrazone groups is 1. The van der Waals surface area contributed by atoms with Crippen molar-refractivity contribution in [2.45, 2.75) is 57.4 Å². The van der Waals surface area contributed by atoms with Gasteiger partial charge in [0, 0.05) is 18.5 Å². The SMILES string of the molecule is N/N=C(/CCCCOc1ccc2[nH]c(=O)oc2c1)N(N)C1CCCCC1. The van der Waals surface area contributed by atoms with Crippen LogP contribution in [0.25, 0.3) is 11.1 Å². The van der Waals surface area contributed by atoms with Crippen molar-refractivity contribution in [1.29, 1.82) is 0 Å². The molecule has 1 fully saturated rings. The van der Waals surface area contributed by atoms with Gasteiger partial charge >= 0.3 is 5.76 Å². The zero-order chi connectivity index (χ0) is 18.4. The predicted octanol–water partition coefficient (Wildman–Crippen LogP) is 2.45. The zero-order valence-electron chi connectivity index (χ0n) is 14.9. The predicted molar refractivity (Wildman–Crippen MR) is 101 cm³/mol. The third-order valence-electron chi connectivity index (χ3n) is 4.87. The number of rotatable bonds is 7. The highest BCUT2D eigenvalue weighted by molar-refractivity contribution is 5.81. The second-order valence-electron chi connectivity index (χ2n) is 6.72. The van der Waals surface area contributed by atoms with Crippen LogP contribution in [0.4, 0.5) is 0 Å². The van der Waals surface area contributed by atoms with Gasteiger partial charge in [0.05, 0.1) is 12.1 Å². The summed E-state index contributed by atoms with van der Waals surface area (Å²) in [5.74, 6) is 12.7. The fourth-order valence-electron chi connectivity index (χ4n) is 3.42. The Bertz CT molecular complexity index is 791. The number of H-pyrrole nitrogens is 1. The molecule has 1 aliphatic rings. The van der Waals surface area contributed by atoms with Gasteiger partial charge < -0.3 is 15.0 Å². The number of nitrogens with zero attached hydrogens (tertiary/aromatic N) is 2. The summed E-state index contributed by atoms with van der Waals surface area (Å²) in [5.41, 5.74) is 1.16. The Balaban J connectivity index is 1.41. The first-order valence-electron chi connectivity index (χ1n) is 9.24. The molecule has 5 N–H and O–H groups in total. The van der Waals surface area contributed by atoms with Gasteiger partial charge in [-0.25, -0.2) is 10.6 Å². The molecule has 8 nitrogen and oxygen atoms in total. The van der Waals surface area contributed by atoms with E-state index in [9.17, 15) is 4.79 Å². The van der Waals surface area contributed by atoms with Crippen molar-refractivity contribution in [3.8, 4) is 5.75 Å². The molecule has 0 saturated heterocycles. The lowest BCUT2D eigenvalue weighted by molar-refractivity contribution is 0.242. The van der Waals surface area contributed by atoms with E-state index in [2.05, 4.69) is 10.1 Å². The molecule has 0 aliphatic heterocycles. The number of aromatic nitrogens is 1. The van der Waals surface area contributed by atoms with Gasteiger partial charge in [0.15, 0.2) is 5.58 Å². The number of aromatic amines is 1. The van der Waals surface area contributed by atoms with Crippen LogP contribution in [0.2, 0.25) is 0 Å². The molecule has 8 heteroatoms. The Hall–Kier alpha value is -2.48. The molecule has 0 amide bonds. The first-order chi connectivity index (χ1) is 12.7. The molecule has 0 spiro atoms. The van der Waals surface area contributed by atoms with Crippen molar-refractivity contribution >= 4 is 16.9 Å². The molecule has 142 valence electrons. The van der Waals surface area contributed by atoms with Gasteiger partial charge in [-0.05, 0) is 37.8 Å². The molecule has 1 aromatic carbocycles. The molecule has 1 saturated carbocycles. The number of oxazole rings is 1. The van der Waals surface area contributed by atoms with Crippen LogP contribution in [0, 0.1) is 0 Å². The molecule has 0 atom stereocenters. The molecule has 1 aliphatic carbocycles. The van der Waals surface area contributed by atoms with Gasteiger partial charge in [-0.1, -0.05) is 19.3 Å². The fourth-order valence-corrected chi connectivity index (χ4v) is 3.42. The molecular formula is C18H27N5O3. The third-order valence-corrected chi connectivity index (χ3v) is 4.87. The maximum absolute atomic E-state index is 11.2. The Morgan fingerprint density at radius 3 is 2.88 bits per heavy atom. The van der Waals surface area contributed by atoms with Gasteiger partial charge in [0.2, 0.25) is 0 Å². The van der Waals surface area contributed by atoms with E-state index in [1.165, 1.54) is 19.3 Å². The maximum Gasteiger partial charge on any atom is 0.417 e. The molecule has 1 heterocycles. The lowest BCUT2D eigenvalue weighted by Gasteiger charge is -2.32. The lowest BCUT2D eigenvalue weighted by Crippen LogP contribution is -2.46. The van der Waals surface area contributed by atoms with E-state index in [-0.39, 0.29) is 0 Å². The zero-order valence-corrected chi connectivity index (χ0v) is 14.9. The normalized spacial score (nSPS) is 16.1. The summed E-state index contributed by atoms with van der Waals surface area (Å²) in [6.07, 6.45) is 8.41. The summed E-state index contributed by atoms with van der Waals surface area (Å²) in [7, 11) is 0. The summed E-state index contributed by atoms with van der Waals surface area (Å²) in [6.45, 7) is 0.562. The number of nitrogens with one attached hydrogen (secondary N) is 1. The van der Waals surface area contributed by atoms with Crippen LogP contribution in [-0.4, -0.2) is 28.5 Å². The van der Waals surface area contributed by atoms with E-state index in [0.717, 1.165) is 37.9 Å². The van der Waals surface area contributed by atoms with E-state index in [1.807, 2.05) is 6.07 Å². The highest BCUT2D eigenvalue weighted by Crippen LogP contribution is 2.22. The van der Waals surface area contributed by atoms with E-state index in [0.29, 0.717) is 29.5 Å². The molecule has 0 bridgehead atoms. The van der Waals surface area contributed by atoms with Crippen LogP contribution in [0.3, 0.4) is 0 Å². The second-order valence-corrected chi connectivity index (χ2v) is 6.72. The van der Waals surface area contributed by atoms with E-state index < -0.39 is 5.76 Å². The minimum Gasteiger partial charge on any atom is -0.493 e. The Morgan fingerprint density at radius 1 is 1.31 bits per heavy atom. The highest BCUT2D eigenvalue weighted by atomic mass is 16.5. The Kier molecular flexibility index (Phi) is 6.17. The minimum atomic E-state index is -0.463. The average Bonchev–Trinajstić information content (AvgIpc) is 3.04. The topological polar surface area (TPSA) is 123 Å². The van der Waals surface area contributed by atoms with Crippen LogP contribution in [0.1, 0.15) is 51.4 Å². The van der Waals surface area contributed by atoms with Crippen molar-refractivity contribution in [3.05, 3.63) is 28.7 Å². The van der Waals surface area contributed by atoms with Crippen LogP contribution < -0.4 is 22.2 Å². The summed E-state index contributed by atoms with van der Waals surface area (Å²) >= 11 is 0. The number of hydrogen-bond donors (Lipinski definition) is 3. The van der Waals surface area contributed by atoms with Crippen molar-refractivity contribution in [3.63, 3.8) is 0 Å². The summed E-state index contributed by atoms with van der Waals surface area (Å²) in [6, 6.07) is 5.64. The smallest absolute Gasteiger partial charge is 0.417 e. The van der Waals surface area contributed by atoms with Gasteiger partial charge in [-0.2, -0.15) is 5.10 Å². The average molecular weight is 361 g/mol. The van der Waals surface area contributed by atoms with Crippen molar-refractivity contribution in [2.24, 2.45) is 16.8 Å². The van der Waals surface area contributed by atoms with E-state index >= 15 is 0 Å². The van der Waals surface area contributed by atoms with Crippen LogP contribution >= 0.6 is 0 Å². The molecular weight excluding hydrogens is 334 g/mol. The van der Waals surface area contributed by atoms with E-state index in [1.54, 1.807) is 17.1 Å². The molecule has 0 radical (unpaired) electrons. The van der Waals surface area contributed by atoms with Crippen LogP contribution in [0.5, 0.6) is 5.75 Å². The van der Waals surface area contributed by atoms with Crippen molar-refractivity contribution in [1.82, 2.24) is 9.99 Å². The van der Waals surface area contributed by atoms with Gasteiger partial charge in [-0.15, -0.1) is 0 Å². The van der Waals surface area contributed by atoms with Crippen molar-refractivity contribution in [2.75, 3.05) is 6.61 Å². The van der Waals surface area contributed by atoms with Crippen LogP contribution in [0.15, 0.2) is 32.5 Å². The lowest BCUT2D eigenvalue weighted by atomic mass is 9.95. The fraction of sp³-hybridized carbons (Fsp3) is 0.556. The molecule has 2 aromatic rings. The van der Waals surface area contributed by atoms with Crippen molar-refractivity contribution < 1.29 is 9.15 Å². The summed E-state index contributed by atoms with van der Waals surface area (Å²) in [5, 5.41) is 5.65. The summed E-state index contributed by atoms with van der Waals surface area (Å²) in [4.78, 5) is 13.8. The van der Waals surface area contributed by atoms with E-state index in [4.69, 9.17) is 20.8 Å². The van der Waals surface area contributed by atoms with Gasteiger partial charge in [0.25, 0.3) is 0 Å². The first-order valence-corrected chi connectivity index (χ1v) is 9.24. The molecule has 1 aromatic heterocycles. The molecule has 3 rings (SSSR count). The van der Waals surface area contributed by atoms with Crippen LogP contribution in [-0.2, 0) is 0 Å². The number of hydrogen-bond acceptors (Lipinski definition) is 6. The molecule has 26 heavy (non-hydrogen) atoms. The number of unbranched alkanes of at least 4 members (excludes halogenated alkanes) is 1. The van der Waals surface area contributed by atoms with Gasteiger partial charge in [0.1, 0.15) is 11.6 Å². The first kappa shape index (κ1) is 18.3. The monoisotopic (exact) mass is 361 g/mol. The quantitative estimate of drug-likeness (QED) is 0.229. The largest absolute Gasteiger partial charge is 0.493 e. The third kappa shape index (κ3) is 4.57.